The summed E-state index contributed by atoms with van der Waals surface area (Å²) in [7, 11) is 0. The summed E-state index contributed by atoms with van der Waals surface area (Å²) >= 11 is 5.93. The van der Waals surface area contributed by atoms with Crippen LogP contribution in [-0.2, 0) is 0 Å². The Bertz CT molecular complexity index is 490. The smallest absolute Gasteiger partial charge is 0.138 e. The lowest BCUT2D eigenvalue weighted by atomic mass is 9.93. The fourth-order valence-electron chi connectivity index (χ4n) is 1.89. The van der Waals surface area contributed by atoms with Crippen LogP contribution in [0.15, 0.2) is 24.5 Å². The second-order valence-corrected chi connectivity index (χ2v) is 4.80. The summed E-state index contributed by atoms with van der Waals surface area (Å²) in [5.74, 6) is 0.795. The molecule has 2 N–H and O–H groups in total. The zero-order valence-corrected chi connectivity index (χ0v) is 10.3. The number of halogens is 1. The molecule has 0 saturated carbocycles. The Kier molecular flexibility index (Phi) is 3.17. The lowest BCUT2D eigenvalue weighted by Crippen LogP contribution is -2.18. The maximum atomic E-state index is 5.93. The van der Waals surface area contributed by atoms with E-state index < -0.39 is 0 Å². The summed E-state index contributed by atoms with van der Waals surface area (Å²) in [6, 6.07) is 3.71. The van der Waals surface area contributed by atoms with E-state index in [2.05, 4.69) is 18.8 Å². The Balaban J connectivity index is 2.45. The Labute approximate surface area is 100 Å². The molecule has 2 aromatic rings. The Hall–Kier alpha value is -1.06. The molecule has 0 amide bonds. The van der Waals surface area contributed by atoms with Crippen LogP contribution in [0.1, 0.15) is 25.5 Å². The fourth-order valence-corrected chi connectivity index (χ4v) is 2.04. The summed E-state index contributed by atoms with van der Waals surface area (Å²) in [6.07, 6.45) is 3.95. The molecule has 0 radical (unpaired) electrons. The number of imidazole rings is 1. The lowest BCUT2D eigenvalue weighted by Gasteiger charge is -2.15. The molecule has 0 bridgehead atoms. The third kappa shape index (κ3) is 2.06. The summed E-state index contributed by atoms with van der Waals surface area (Å²) in [4.78, 5) is 4.56. The van der Waals surface area contributed by atoms with Crippen molar-refractivity contribution in [1.29, 1.82) is 0 Å². The van der Waals surface area contributed by atoms with Gasteiger partial charge in [-0.05, 0) is 18.1 Å². The lowest BCUT2D eigenvalue weighted by molar-refractivity contribution is 0.497. The Morgan fingerprint density at radius 3 is 2.88 bits per heavy atom. The molecule has 2 aromatic heterocycles. The van der Waals surface area contributed by atoms with Crippen LogP contribution in [0, 0.1) is 5.92 Å². The summed E-state index contributed by atoms with van der Waals surface area (Å²) in [5.41, 5.74) is 7.70. The topological polar surface area (TPSA) is 43.3 Å². The molecule has 16 heavy (non-hydrogen) atoms. The van der Waals surface area contributed by atoms with Gasteiger partial charge >= 0.3 is 0 Å². The van der Waals surface area contributed by atoms with Gasteiger partial charge in [0.2, 0.25) is 0 Å². The molecule has 0 aliphatic carbocycles. The number of pyridine rings is 1. The highest BCUT2D eigenvalue weighted by Crippen LogP contribution is 2.23. The molecule has 0 spiro atoms. The van der Waals surface area contributed by atoms with Gasteiger partial charge in [-0.2, -0.15) is 0 Å². The highest BCUT2D eigenvalue weighted by Gasteiger charge is 2.17. The maximum absolute atomic E-state index is 5.93. The van der Waals surface area contributed by atoms with Crippen molar-refractivity contribution in [2.75, 3.05) is 6.54 Å². The molecule has 0 aromatic carbocycles. The van der Waals surface area contributed by atoms with Gasteiger partial charge in [0, 0.05) is 29.9 Å². The number of fused-ring (bicyclic) bond motifs is 1. The third-order valence-electron chi connectivity index (χ3n) is 2.88. The number of nitrogens with two attached hydrogens (primary N) is 1. The van der Waals surface area contributed by atoms with Crippen LogP contribution >= 0.6 is 11.6 Å². The van der Waals surface area contributed by atoms with E-state index in [1.165, 1.54) is 0 Å². The van der Waals surface area contributed by atoms with E-state index in [9.17, 15) is 0 Å². The van der Waals surface area contributed by atoms with Gasteiger partial charge in [0.25, 0.3) is 0 Å². The van der Waals surface area contributed by atoms with Crippen LogP contribution in [0.5, 0.6) is 0 Å². The van der Waals surface area contributed by atoms with Crippen molar-refractivity contribution in [1.82, 2.24) is 9.38 Å². The number of hydrogen-bond donors (Lipinski definition) is 1. The Morgan fingerprint density at radius 1 is 1.50 bits per heavy atom. The fraction of sp³-hybridized carbons (Fsp3) is 0.417. The molecule has 86 valence electrons. The average molecular weight is 238 g/mol. The quantitative estimate of drug-likeness (QED) is 0.892. The van der Waals surface area contributed by atoms with E-state index in [4.69, 9.17) is 17.3 Å². The van der Waals surface area contributed by atoms with Crippen molar-refractivity contribution >= 4 is 17.2 Å². The van der Waals surface area contributed by atoms with Gasteiger partial charge in [-0.25, -0.2) is 4.98 Å². The van der Waals surface area contributed by atoms with Gasteiger partial charge < -0.3 is 10.1 Å². The molecule has 2 heterocycles. The summed E-state index contributed by atoms with van der Waals surface area (Å²) in [6.45, 7) is 4.94. The predicted octanol–water partition coefficient (Wildman–Crippen LogP) is 2.69. The molecule has 0 aliphatic rings. The normalized spacial score (nSPS) is 13.6. The number of aromatic nitrogens is 2. The van der Waals surface area contributed by atoms with E-state index >= 15 is 0 Å². The number of rotatable bonds is 3. The average Bonchev–Trinajstić information content (AvgIpc) is 2.60. The van der Waals surface area contributed by atoms with Gasteiger partial charge in [0.1, 0.15) is 5.65 Å². The molecule has 0 aliphatic heterocycles. The third-order valence-corrected chi connectivity index (χ3v) is 3.11. The van der Waals surface area contributed by atoms with Gasteiger partial charge in [-0.3, -0.25) is 0 Å². The first kappa shape index (κ1) is 11.4. The van der Waals surface area contributed by atoms with Crippen molar-refractivity contribution < 1.29 is 0 Å². The standard InChI is InChI=1S/C12H16ClN3/c1-8(2)10(6-14)11-7-16-4-3-9(13)5-12(16)15-11/h3-5,7-8,10H,6,14H2,1-2H3. The minimum Gasteiger partial charge on any atom is -0.330 e. The molecule has 1 unspecified atom stereocenters. The largest absolute Gasteiger partial charge is 0.330 e. The van der Waals surface area contributed by atoms with E-state index in [0.717, 1.165) is 11.3 Å². The summed E-state index contributed by atoms with van der Waals surface area (Å²) < 4.78 is 1.98. The molecule has 1 atom stereocenters. The van der Waals surface area contributed by atoms with Crippen LogP contribution < -0.4 is 5.73 Å². The van der Waals surface area contributed by atoms with E-state index in [1.807, 2.05) is 28.9 Å². The maximum Gasteiger partial charge on any atom is 0.138 e. The van der Waals surface area contributed by atoms with Crippen molar-refractivity contribution in [2.24, 2.45) is 11.7 Å². The van der Waals surface area contributed by atoms with Crippen LogP contribution in [0.2, 0.25) is 5.02 Å². The van der Waals surface area contributed by atoms with Crippen molar-refractivity contribution in [2.45, 2.75) is 19.8 Å². The van der Waals surface area contributed by atoms with E-state index in [0.29, 0.717) is 23.4 Å². The van der Waals surface area contributed by atoms with Crippen LogP contribution in [0.25, 0.3) is 5.65 Å². The van der Waals surface area contributed by atoms with Crippen LogP contribution in [0.3, 0.4) is 0 Å². The number of nitrogens with zero attached hydrogens (tertiary/aromatic N) is 2. The molecule has 3 nitrogen and oxygen atoms in total. The Morgan fingerprint density at radius 2 is 2.25 bits per heavy atom. The molecule has 0 fully saturated rings. The molecular weight excluding hydrogens is 222 g/mol. The minimum atomic E-state index is 0.304. The molecular formula is C12H16ClN3. The van der Waals surface area contributed by atoms with Crippen molar-refractivity contribution in [3.8, 4) is 0 Å². The first-order chi connectivity index (χ1) is 7.61. The zero-order chi connectivity index (χ0) is 11.7. The number of hydrogen-bond acceptors (Lipinski definition) is 2. The van der Waals surface area contributed by atoms with Crippen LogP contribution in [0.4, 0.5) is 0 Å². The monoisotopic (exact) mass is 237 g/mol. The summed E-state index contributed by atoms with van der Waals surface area (Å²) in [5, 5.41) is 0.707. The highest BCUT2D eigenvalue weighted by molar-refractivity contribution is 6.30. The molecule has 0 saturated heterocycles. The van der Waals surface area contributed by atoms with Crippen LogP contribution in [-0.4, -0.2) is 15.9 Å². The SMILES string of the molecule is CC(C)C(CN)c1cn2ccc(Cl)cc2n1. The second-order valence-electron chi connectivity index (χ2n) is 4.36. The van der Waals surface area contributed by atoms with Crippen molar-refractivity contribution in [3.63, 3.8) is 0 Å². The first-order valence-electron chi connectivity index (χ1n) is 5.46. The first-order valence-corrected chi connectivity index (χ1v) is 5.84. The molecule has 2 rings (SSSR count). The zero-order valence-electron chi connectivity index (χ0n) is 9.52. The van der Waals surface area contributed by atoms with E-state index in [-0.39, 0.29) is 0 Å². The minimum absolute atomic E-state index is 0.304. The molecule has 4 heteroatoms. The van der Waals surface area contributed by atoms with Gasteiger partial charge in [-0.15, -0.1) is 0 Å². The highest BCUT2D eigenvalue weighted by atomic mass is 35.5. The van der Waals surface area contributed by atoms with E-state index in [1.54, 1.807) is 0 Å². The van der Waals surface area contributed by atoms with Gasteiger partial charge in [0.05, 0.1) is 5.69 Å². The van der Waals surface area contributed by atoms with Gasteiger partial charge in [-0.1, -0.05) is 25.4 Å². The van der Waals surface area contributed by atoms with Crippen molar-refractivity contribution in [3.05, 3.63) is 35.2 Å². The van der Waals surface area contributed by atoms with Gasteiger partial charge in [0.15, 0.2) is 0 Å². The second kappa shape index (κ2) is 4.44. The predicted molar refractivity (Wildman–Crippen MR) is 66.8 cm³/mol.